The largest absolute Gasteiger partial charge is 0.336 e. The highest BCUT2D eigenvalue weighted by Crippen LogP contribution is 2.29. The molecule has 0 saturated carbocycles. The number of nitrogens with one attached hydrogen (secondary N) is 1. The van der Waals surface area contributed by atoms with Gasteiger partial charge in [-0.2, -0.15) is 0 Å². The second-order valence-electron chi connectivity index (χ2n) is 9.59. The summed E-state index contributed by atoms with van der Waals surface area (Å²) < 4.78 is 13.2. The molecule has 0 bridgehead atoms. The average Bonchev–Trinajstić information content (AvgIpc) is 2.86. The molecular formula is C27H34FN5O3. The molecule has 9 heteroatoms. The standard InChI is InChI=1S/C27H34FN5O3/c1-4-8-23-26(35)31(16-19(2)21-9-6-5-7-10-21)17-24-32(23)25(34)18-30(3)33(24)27(36)29-15-20-11-13-22(28)14-12-20/h5-7,9-14,19,23-24H,4,8,15-18H2,1-3H3,(H,29,36)/t19?,23-,24?/m0/s1. The van der Waals surface area contributed by atoms with E-state index in [1.165, 1.54) is 12.1 Å². The summed E-state index contributed by atoms with van der Waals surface area (Å²) in [7, 11) is 1.70. The maximum atomic E-state index is 13.5. The van der Waals surface area contributed by atoms with Gasteiger partial charge in [0.15, 0.2) is 0 Å². The summed E-state index contributed by atoms with van der Waals surface area (Å²) in [5.74, 6) is -0.469. The monoisotopic (exact) mass is 495 g/mol. The fraction of sp³-hybridized carbons (Fsp3) is 0.444. The van der Waals surface area contributed by atoms with Crippen LogP contribution in [0.25, 0.3) is 0 Å². The van der Waals surface area contributed by atoms with E-state index >= 15 is 0 Å². The fourth-order valence-corrected chi connectivity index (χ4v) is 5.10. The van der Waals surface area contributed by atoms with Gasteiger partial charge in [0.25, 0.3) is 0 Å². The van der Waals surface area contributed by atoms with E-state index in [9.17, 15) is 18.8 Å². The zero-order chi connectivity index (χ0) is 25.8. The maximum Gasteiger partial charge on any atom is 0.334 e. The van der Waals surface area contributed by atoms with Crippen LogP contribution in [-0.4, -0.2) is 76.6 Å². The molecule has 2 aromatic carbocycles. The zero-order valence-electron chi connectivity index (χ0n) is 21.1. The highest BCUT2D eigenvalue weighted by molar-refractivity contribution is 5.91. The Morgan fingerprint density at radius 3 is 2.47 bits per heavy atom. The first-order valence-corrected chi connectivity index (χ1v) is 12.5. The number of hydrogen-bond donors (Lipinski definition) is 1. The topological polar surface area (TPSA) is 76.2 Å². The molecule has 0 aliphatic carbocycles. The van der Waals surface area contributed by atoms with Crippen molar-refractivity contribution >= 4 is 17.8 Å². The van der Waals surface area contributed by atoms with Gasteiger partial charge in [-0.1, -0.05) is 62.7 Å². The number of urea groups is 1. The number of rotatable bonds is 7. The molecule has 2 aromatic rings. The van der Waals surface area contributed by atoms with Crippen molar-refractivity contribution in [3.8, 4) is 0 Å². The van der Waals surface area contributed by atoms with Crippen LogP contribution >= 0.6 is 0 Å². The summed E-state index contributed by atoms with van der Waals surface area (Å²) in [6, 6.07) is 15.0. The minimum Gasteiger partial charge on any atom is -0.336 e. The summed E-state index contributed by atoms with van der Waals surface area (Å²) in [6.07, 6.45) is 0.662. The van der Waals surface area contributed by atoms with Gasteiger partial charge >= 0.3 is 6.03 Å². The van der Waals surface area contributed by atoms with Crippen LogP contribution in [0.1, 0.15) is 43.7 Å². The molecule has 2 fully saturated rings. The SMILES string of the molecule is CCC[C@H]1C(=O)N(CC(C)c2ccccc2)CC2N1C(=O)CN(C)N2C(=O)NCc1ccc(F)cc1. The van der Waals surface area contributed by atoms with E-state index in [-0.39, 0.29) is 49.2 Å². The van der Waals surface area contributed by atoms with Crippen LogP contribution in [0.5, 0.6) is 0 Å². The lowest BCUT2D eigenvalue weighted by Crippen LogP contribution is -2.76. The van der Waals surface area contributed by atoms with E-state index in [2.05, 4.69) is 12.2 Å². The van der Waals surface area contributed by atoms with Gasteiger partial charge < -0.3 is 15.1 Å². The lowest BCUT2D eigenvalue weighted by molar-refractivity contribution is -0.187. The third-order valence-corrected chi connectivity index (χ3v) is 6.93. The Labute approximate surface area is 211 Å². The second kappa shape index (κ2) is 11.1. The molecule has 4 amide bonds. The van der Waals surface area contributed by atoms with Crippen LogP contribution in [0.4, 0.5) is 9.18 Å². The maximum absolute atomic E-state index is 13.5. The molecule has 36 heavy (non-hydrogen) atoms. The Kier molecular flexibility index (Phi) is 7.88. The molecule has 1 N–H and O–H groups in total. The van der Waals surface area contributed by atoms with Gasteiger partial charge in [-0.25, -0.2) is 19.2 Å². The van der Waals surface area contributed by atoms with Crippen LogP contribution in [0.15, 0.2) is 54.6 Å². The number of hydrogen-bond acceptors (Lipinski definition) is 4. The molecule has 2 saturated heterocycles. The molecule has 8 nitrogen and oxygen atoms in total. The number of carbonyl (C=O) groups excluding carboxylic acids is 3. The van der Waals surface area contributed by atoms with E-state index in [0.29, 0.717) is 13.0 Å². The summed E-state index contributed by atoms with van der Waals surface area (Å²) >= 11 is 0. The highest BCUT2D eigenvalue weighted by atomic mass is 19.1. The van der Waals surface area contributed by atoms with Crippen molar-refractivity contribution in [3.05, 3.63) is 71.5 Å². The molecule has 3 atom stereocenters. The number of nitrogens with zero attached hydrogens (tertiary/aromatic N) is 4. The van der Waals surface area contributed by atoms with Crippen LogP contribution in [0.3, 0.4) is 0 Å². The number of hydrazine groups is 1. The lowest BCUT2D eigenvalue weighted by atomic mass is 9.97. The van der Waals surface area contributed by atoms with E-state index < -0.39 is 12.2 Å². The molecule has 0 aromatic heterocycles. The van der Waals surface area contributed by atoms with E-state index in [4.69, 9.17) is 0 Å². The van der Waals surface area contributed by atoms with Gasteiger partial charge in [-0.15, -0.1) is 0 Å². The summed E-state index contributed by atoms with van der Waals surface area (Å²) in [5, 5.41) is 6.04. The summed E-state index contributed by atoms with van der Waals surface area (Å²) in [6.45, 7) is 5.02. The van der Waals surface area contributed by atoms with E-state index in [1.807, 2.05) is 37.3 Å². The summed E-state index contributed by atoms with van der Waals surface area (Å²) in [5.41, 5.74) is 1.89. The molecule has 2 aliphatic rings. The molecule has 2 aliphatic heterocycles. The first kappa shape index (κ1) is 25.6. The van der Waals surface area contributed by atoms with E-state index in [1.54, 1.807) is 39.0 Å². The quantitative estimate of drug-likeness (QED) is 0.640. The van der Waals surface area contributed by atoms with Crippen LogP contribution < -0.4 is 5.32 Å². The Balaban J connectivity index is 1.56. The van der Waals surface area contributed by atoms with Crippen molar-refractivity contribution in [2.24, 2.45) is 0 Å². The molecule has 2 unspecified atom stereocenters. The third-order valence-electron chi connectivity index (χ3n) is 6.93. The van der Waals surface area contributed by atoms with Gasteiger partial charge in [0.2, 0.25) is 11.8 Å². The number of halogens is 1. The lowest BCUT2D eigenvalue weighted by Gasteiger charge is -2.54. The van der Waals surface area contributed by atoms with Crippen molar-refractivity contribution in [2.75, 3.05) is 26.7 Å². The van der Waals surface area contributed by atoms with Crippen molar-refractivity contribution in [2.45, 2.75) is 51.4 Å². The van der Waals surface area contributed by atoms with Crippen molar-refractivity contribution in [3.63, 3.8) is 0 Å². The Hall–Kier alpha value is -3.46. The van der Waals surface area contributed by atoms with Gasteiger partial charge in [0.1, 0.15) is 18.0 Å². The average molecular weight is 496 g/mol. The number of likely N-dealkylation sites (N-methyl/N-ethyl adjacent to an activating group) is 1. The number of carbonyl (C=O) groups is 3. The Bertz CT molecular complexity index is 1080. The first-order chi connectivity index (χ1) is 17.3. The first-order valence-electron chi connectivity index (χ1n) is 12.5. The minimum absolute atomic E-state index is 0.00831. The van der Waals surface area contributed by atoms with Crippen molar-refractivity contribution in [1.82, 2.24) is 25.1 Å². The van der Waals surface area contributed by atoms with Crippen molar-refractivity contribution in [1.29, 1.82) is 0 Å². The van der Waals surface area contributed by atoms with Gasteiger partial charge in [0.05, 0.1) is 13.1 Å². The van der Waals surface area contributed by atoms with Crippen LogP contribution in [0, 0.1) is 5.82 Å². The summed E-state index contributed by atoms with van der Waals surface area (Å²) in [4.78, 5) is 43.4. The zero-order valence-corrected chi connectivity index (χ0v) is 21.1. The highest BCUT2D eigenvalue weighted by Gasteiger charge is 2.50. The van der Waals surface area contributed by atoms with Crippen LogP contribution in [-0.2, 0) is 16.1 Å². The minimum atomic E-state index is -0.610. The van der Waals surface area contributed by atoms with Crippen LogP contribution in [0.2, 0.25) is 0 Å². The molecule has 0 spiro atoms. The molecule has 4 rings (SSSR count). The Morgan fingerprint density at radius 2 is 1.81 bits per heavy atom. The van der Waals surface area contributed by atoms with Crippen molar-refractivity contribution < 1.29 is 18.8 Å². The predicted molar refractivity (Wildman–Crippen MR) is 134 cm³/mol. The fourth-order valence-electron chi connectivity index (χ4n) is 5.10. The predicted octanol–water partition coefficient (Wildman–Crippen LogP) is 3.17. The molecule has 0 radical (unpaired) electrons. The molecule has 2 heterocycles. The van der Waals surface area contributed by atoms with Gasteiger partial charge in [0, 0.05) is 20.1 Å². The number of amides is 4. The molecule has 192 valence electrons. The van der Waals surface area contributed by atoms with E-state index in [0.717, 1.165) is 17.5 Å². The second-order valence-corrected chi connectivity index (χ2v) is 9.59. The number of piperazine rings is 1. The molecular weight excluding hydrogens is 461 g/mol. The Morgan fingerprint density at radius 1 is 1.11 bits per heavy atom. The smallest absolute Gasteiger partial charge is 0.334 e. The normalized spacial score (nSPS) is 21.4. The third kappa shape index (κ3) is 5.36. The van der Waals surface area contributed by atoms with Gasteiger partial charge in [-0.05, 0) is 35.6 Å². The van der Waals surface area contributed by atoms with Gasteiger partial charge in [-0.3, -0.25) is 9.59 Å². The number of fused-ring (bicyclic) bond motifs is 1. The number of benzene rings is 2.